The van der Waals surface area contributed by atoms with Crippen LogP contribution in [-0.4, -0.2) is 51.9 Å². The lowest BCUT2D eigenvalue weighted by Crippen LogP contribution is -2.39. The molecule has 15 heteroatoms. The second kappa shape index (κ2) is 10.2. The van der Waals surface area contributed by atoms with Gasteiger partial charge in [0.1, 0.15) is 11.0 Å². The van der Waals surface area contributed by atoms with Crippen LogP contribution in [0.5, 0.6) is 0 Å². The van der Waals surface area contributed by atoms with E-state index in [0.29, 0.717) is 41.8 Å². The van der Waals surface area contributed by atoms with Gasteiger partial charge < -0.3 is 15.0 Å². The molecule has 41 heavy (non-hydrogen) atoms. The molecule has 1 aromatic carbocycles. The number of pyridine rings is 1. The minimum Gasteiger partial charge on any atom is -0.390 e. The first kappa shape index (κ1) is 27.4. The van der Waals surface area contributed by atoms with Crippen molar-refractivity contribution in [1.82, 2.24) is 34.8 Å². The molecule has 0 aliphatic carbocycles. The second-order valence-corrected chi connectivity index (χ2v) is 10.4. The maximum absolute atomic E-state index is 15.4. The number of carbonyl (C=O) groups is 1. The Balaban J connectivity index is 1.32. The van der Waals surface area contributed by atoms with Crippen LogP contribution in [0, 0.1) is 5.82 Å². The first-order valence-corrected chi connectivity index (χ1v) is 13.1. The van der Waals surface area contributed by atoms with Gasteiger partial charge in [0.15, 0.2) is 11.5 Å². The second-order valence-electron chi connectivity index (χ2n) is 9.65. The number of nitrogens with one attached hydrogen (secondary N) is 1. The van der Waals surface area contributed by atoms with E-state index < -0.39 is 29.6 Å². The van der Waals surface area contributed by atoms with E-state index in [2.05, 4.69) is 25.3 Å². The molecule has 3 aromatic heterocycles. The molecule has 0 unspecified atom stereocenters. The Hall–Kier alpha value is -3.81. The van der Waals surface area contributed by atoms with E-state index in [1.54, 1.807) is 23.2 Å². The van der Waals surface area contributed by atoms with E-state index in [4.69, 9.17) is 23.2 Å². The Morgan fingerprint density at radius 1 is 1.15 bits per heavy atom. The number of aliphatic hydroxyl groups is 1. The minimum atomic E-state index is -4.74. The third kappa shape index (κ3) is 4.87. The number of aliphatic hydroxyl groups excluding tert-OH is 1. The van der Waals surface area contributed by atoms with Crippen LogP contribution in [0.2, 0.25) is 10.2 Å². The number of halogens is 6. The summed E-state index contributed by atoms with van der Waals surface area (Å²) in [5.41, 5.74) is 0.501. The number of benzene rings is 1. The highest BCUT2D eigenvalue weighted by molar-refractivity contribution is 6.32. The molecule has 9 nitrogen and oxygen atoms in total. The lowest BCUT2D eigenvalue weighted by atomic mass is 9.92. The largest absolute Gasteiger partial charge is 0.436 e. The number of aromatic nitrogens is 6. The zero-order valence-corrected chi connectivity index (χ0v) is 22.3. The fourth-order valence-corrected chi connectivity index (χ4v) is 5.78. The van der Waals surface area contributed by atoms with Crippen molar-refractivity contribution in [2.75, 3.05) is 0 Å². The summed E-state index contributed by atoms with van der Waals surface area (Å²) in [5, 5.41) is 15.9. The van der Waals surface area contributed by atoms with Crippen molar-refractivity contribution in [2.24, 2.45) is 0 Å². The van der Waals surface area contributed by atoms with Crippen molar-refractivity contribution < 1.29 is 27.5 Å². The number of fused-ring (bicyclic) bond motifs is 1. The van der Waals surface area contributed by atoms with Gasteiger partial charge in [-0.3, -0.25) is 4.79 Å². The van der Waals surface area contributed by atoms with Crippen molar-refractivity contribution in [1.29, 1.82) is 0 Å². The number of rotatable bonds is 5. The lowest BCUT2D eigenvalue weighted by Gasteiger charge is -2.33. The summed E-state index contributed by atoms with van der Waals surface area (Å²) in [4.78, 5) is 26.9. The van der Waals surface area contributed by atoms with Crippen LogP contribution in [-0.2, 0) is 17.6 Å². The quantitative estimate of drug-likeness (QED) is 0.228. The minimum absolute atomic E-state index is 0.0228. The average Bonchev–Trinajstić information content (AvgIpc) is 3.69. The number of hydrogen-bond donors (Lipinski definition) is 2. The fraction of sp³-hybridized carbons (Fsp3) is 0.269. The molecule has 2 aliphatic rings. The van der Waals surface area contributed by atoms with Gasteiger partial charge in [-0.15, -0.1) is 5.10 Å². The third-order valence-electron chi connectivity index (χ3n) is 7.20. The SMILES string of the molecule is O=C1C=C(c2c(-n3cc(C(F)(F)F)nn3)ccc(Cl)c2F)C[C@H]2CC[C@@H](c3ncc(-c4ccc(CO)nc4Cl)[nH]3)N12. The molecule has 1 amide bonds. The van der Waals surface area contributed by atoms with Gasteiger partial charge in [0.05, 0.1) is 47.1 Å². The molecular formula is C26H19Cl2F4N7O2. The van der Waals surface area contributed by atoms with Gasteiger partial charge in [0, 0.05) is 23.2 Å². The Morgan fingerprint density at radius 2 is 1.95 bits per heavy atom. The van der Waals surface area contributed by atoms with Gasteiger partial charge >= 0.3 is 6.18 Å². The number of carbonyl (C=O) groups excluding carboxylic acids is 1. The maximum atomic E-state index is 15.4. The summed E-state index contributed by atoms with van der Waals surface area (Å²) in [7, 11) is 0. The van der Waals surface area contributed by atoms with Crippen molar-refractivity contribution in [3.8, 4) is 16.9 Å². The van der Waals surface area contributed by atoms with Crippen LogP contribution in [0.4, 0.5) is 17.6 Å². The highest BCUT2D eigenvalue weighted by atomic mass is 35.5. The highest BCUT2D eigenvalue weighted by Gasteiger charge is 2.42. The zero-order valence-electron chi connectivity index (χ0n) is 20.8. The van der Waals surface area contributed by atoms with Gasteiger partial charge in [-0.2, -0.15) is 13.2 Å². The van der Waals surface area contributed by atoms with Crippen LogP contribution in [0.3, 0.4) is 0 Å². The topological polar surface area (TPSA) is 113 Å². The van der Waals surface area contributed by atoms with Crippen LogP contribution in [0.25, 0.3) is 22.5 Å². The van der Waals surface area contributed by atoms with Gasteiger partial charge in [0.2, 0.25) is 5.91 Å². The third-order valence-corrected chi connectivity index (χ3v) is 7.78. The predicted molar refractivity (Wildman–Crippen MR) is 139 cm³/mol. The Bertz CT molecular complexity index is 1700. The summed E-state index contributed by atoms with van der Waals surface area (Å²) >= 11 is 12.3. The molecular weight excluding hydrogens is 589 g/mol. The molecule has 2 atom stereocenters. The van der Waals surface area contributed by atoms with Crippen LogP contribution < -0.4 is 0 Å². The fourth-order valence-electron chi connectivity index (χ4n) is 5.35. The summed E-state index contributed by atoms with van der Waals surface area (Å²) in [6.07, 6.45) is 0.161. The molecule has 0 saturated carbocycles. The molecule has 0 spiro atoms. The van der Waals surface area contributed by atoms with Crippen molar-refractivity contribution in [3.05, 3.63) is 81.5 Å². The molecule has 5 heterocycles. The standard InChI is InChI=1S/C26H19Cl2F4N7O2/c27-16-4-6-18(38-10-20(36-37-38)26(30,31)32)22(23(16)29)12-7-14-2-5-19(39(14)21(41)8-12)25-33-9-17(35-25)15-3-1-13(11-40)34-24(15)28/h1,3-4,6,8-10,14,19,40H,2,5,7,11H2,(H,33,35)/t14-,19+/m1/s1. The maximum Gasteiger partial charge on any atom is 0.436 e. The summed E-state index contributed by atoms with van der Waals surface area (Å²) < 4.78 is 55.6. The zero-order chi connectivity index (χ0) is 29.1. The molecule has 1 fully saturated rings. The molecule has 212 valence electrons. The Kier molecular flexibility index (Phi) is 6.83. The number of H-pyrrole nitrogens is 1. The molecule has 6 rings (SSSR count). The summed E-state index contributed by atoms with van der Waals surface area (Å²) in [6, 6.07) is 5.18. The first-order valence-electron chi connectivity index (χ1n) is 12.4. The van der Waals surface area contributed by atoms with Crippen molar-refractivity contribution in [2.45, 2.75) is 44.1 Å². The van der Waals surface area contributed by atoms with Gasteiger partial charge in [0.25, 0.3) is 0 Å². The number of aromatic amines is 1. The van der Waals surface area contributed by atoms with Crippen LogP contribution in [0.1, 0.15) is 48.1 Å². The molecule has 2 N–H and O–H groups in total. The van der Waals surface area contributed by atoms with Crippen molar-refractivity contribution >= 4 is 34.7 Å². The van der Waals surface area contributed by atoms with E-state index in [1.807, 2.05) is 0 Å². The Labute approximate surface area is 239 Å². The average molecular weight is 608 g/mol. The first-order chi connectivity index (χ1) is 19.5. The van der Waals surface area contributed by atoms with E-state index >= 15 is 4.39 Å². The van der Waals surface area contributed by atoms with Crippen LogP contribution >= 0.6 is 23.2 Å². The molecule has 2 aliphatic heterocycles. The molecule has 1 saturated heterocycles. The van der Waals surface area contributed by atoms with Gasteiger partial charge in [-0.05, 0) is 49.1 Å². The molecule has 0 radical (unpaired) electrons. The van der Waals surface area contributed by atoms with E-state index in [-0.39, 0.29) is 46.1 Å². The van der Waals surface area contributed by atoms with Gasteiger partial charge in [-0.1, -0.05) is 28.4 Å². The van der Waals surface area contributed by atoms with E-state index in [1.165, 1.54) is 18.2 Å². The molecule has 4 aromatic rings. The lowest BCUT2D eigenvalue weighted by molar-refractivity contribution is -0.141. The Morgan fingerprint density at radius 3 is 2.66 bits per heavy atom. The monoisotopic (exact) mass is 607 g/mol. The number of imidazole rings is 1. The highest BCUT2D eigenvalue weighted by Crippen LogP contribution is 2.44. The number of nitrogens with zero attached hydrogens (tertiary/aromatic N) is 6. The van der Waals surface area contributed by atoms with E-state index in [9.17, 15) is 23.1 Å². The van der Waals surface area contributed by atoms with Gasteiger partial charge in [-0.25, -0.2) is 19.0 Å². The summed E-state index contributed by atoms with van der Waals surface area (Å²) in [6.45, 7) is -0.252. The van der Waals surface area contributed by atoms with E-state index in [0.717, 1.165) is 4.68 Å². The normalized spacial score (nSPS) is 19.0. The molecule has 0 bridgehead atoms. The number of alkyl halides is 3. The number of amides is 1. The van der Waals surface area contributed by atoms with Crippen molar-refractivity contribution in [3.63, 3.8) is 0 Å². The number of hydrogen-bond acceptors (Lipinski definition) is 6. The van der Waals surface area contributed by atoms with Crippen LogP contribution in [0.15, 0.2) is 42.7 Å². The smallest absolute Gasteiger partial charge is 0.390 e. The predicted octanol–water partition coefficient (Wildman–Crippen LogP) is 5.53. The summed E-state index contributed by atoms with van der Waals surface area (Å²) in [5.74, 6) is -0.737.